The molecule has 0 aliphatic carbocycles. The highest BCUT2D eigenvalue weighted by Gasteiger charge is 2.24. The molecule has 24 heavy (non-hydrogen) atoms. The number of unbranched alkanes of at least 4 members (excludes halogenated alkanes) is 4. The highest BCUT2D eigenvalue weighted by Crippen LogP contribution is 2.16. The van der Waals surface area contributed by atoms with Crippen molar-refractivity contribution in [1.29, 1.82) is 0 Å². The first-order valence-corrected chi connectivity index (χ1v) is 10.2. The summed E-state index contributed by atoms with van der Waals surface area (Å²) in [5.74, 6) is 0.322. The van der Waals surface area contributed by atoms with Gasteiger partial charge < -0.3 is 9.59 Å². The van der Waals surface area contributed by atoms with Crippen molar-refractivity contribution < 1.29 is 9.59 Å². The SMILES string of the molecule is CCCC[N+](CCCC)(CCCC)CCCC.Oc1ccccc1. The molecule has 140 valence electrons. The summed E-state index contributed by atoms with van der Waals surface area (Å²) < 4.78 is 1.42. The highest BCUT2D eigenvalue weighted by atomic mass is 16.3. The standard InChI is InChI=1S/C16H36N.C6H6O/c1-5-9-13-17(14-10-6-2,15-11-7-3)16-12-8-4;7-6-4-2-1-3-5-6/h5-16H2,1-4H3;1-5,7H/q+1;. The lowest BCUT2D eigenvalue weighted by Gasteiger charge is -2.39. The molecule has 0 unspecified atom stereocenters. The molecule has 0 bridgehead atoms. The molecule has 0 radical (unpaired) electrons. The molecule has 2 heteroatoms. The Kier molecular flexibility index (Phi) is 14.8. The Morgan fingerprint density at radius 1 is 0.625 bits per heavy atom. The van der Waals surface area contributed by atoms with E-state index in [4.69, 9.17) is 5.11 Å². The van der Waals surface area contributed by atoms with Crippen LogP contribution in [0.5, 0.6) is 5.75 Å². The maximum atomic E-state index is 8.63. The zero-order valence-electron chi connectivity index (χ0n) is 16.8. The molecule has 0 aliphatic rings. The Labute approximate surface area is 151 Å². The lowest BCUT2D eigenvalue weighted by molar-refractivity contribution is -0.929. The molecular weight excluding hydrogens is 294 g/mol. The topological polar surface area (TPSA) is 20.2 Å². The first-order valence-electron chi connectivity index (χ1n) is 10.2. The second-order valence-corrected chi connectivity index (χ2v) is 6.99. The fraction of sp³-hybridized carbons (Fsp3) is 0.727. The molecule has 0 aliphatic heterocycles. The number of phenols is 1. The van der Waals surface area contributed by atoms with Gasteiger partial charge in [0.2, 0.25) is 0 Å². The van der Waals surface area contributed by atoms with Crippen molar-refractivity contribution in [3.8, 4) is 5.75 Å². The Morgan fingerprint density at radius 2 is 0.958 bits per heavy atom. The Morgan fingerprint density at radius 3 is 1.17 bits per heavy atom. The van der Waals surface area contributed by atoms with Crippen LogP contribution in [0.25, 0.3) is 0 Å². The number of nitrogens with zero attached hydrogens (tertiary/aromatic N) is 1. The summed E-state index contributed by atoms with van der Waals surface area (Å²) in [5, 5.41) is 8.63. The van der Waals surface area contributed by atoms with Crippen molar-refractivity contribution in [1.82, 2.24) is 0 Å². The summed E-state index contributed by atoms with van der Waals surface area (Å²) in [4.78, 5) is 0. The van der Waals surface area contributed by atoms with Gasteiger partial charge in [-0.15, -0.1) is 0 Å². The maximum absolute atomic E-state index is 8.63. The molecule has 0 heterocycles. The van der Waals surface area contributed by atoms with Crippen LogP contribution in [-0.4, -0.2) is 35.8 Å². The summed E-state index contributed by atoms with van der Waals surface area (Å²) in [6, 6.07) is 8.71. The average molecular weight is 337 g/mol. The van der Waals surface area contributed by atoms with Gasteiger partial charge in [-0.05, 0) is 37.8 Å². The van der Waals surface area contributed by atoms with E-state index in [1.807, 2.05) is 6.07 Å². The molecule has 1 aromatic carbocycles. The number of rotatable bonds is 12. The zero-order valence-corrected chi connectivity index (χ0v) is 16.8. The monoisotopic (exact) mass is 336 g/mol. The maximum Gasteiger partial charge on any atom is 0.115 e. The lowest BCUT2D eigenvalue weighted by atomic mass is 10.1. The second-order valence-electron chi connectivity index (χ2n) is 6.99. The largest absolute Gasteiger partial charge is 0.508 e. The van der Waals surface area contributed by atoms with Gasteiger partial charge in [-0.3, -0.25) is 0 Å². The number of benzene rings is 1. The van der Waals surface area contributed by atoms with E-state index in [0.717, 1.165) is 0 Å². The number of quaternary nitrogens is 1. The fourth-order valence-corrected chi connectivity index (χ4v) is 3.07. The van der Waals surface area contributed by atoms with Gasteiger partial charge in [0.1, 0.15) is 5.75 Å². The second kappa shape index (κ2) is 15.5. The predicted octanol–water partition coefficient (Wildman–Crippen LogP) is 6.40. The van der Waals surface area contributed by atoms with Gasteiger partial charge in [-0.1, -0.05) is 71.6 Å². The molecule has 0 fully saturated rings. The Hall–Kier alpha value is -1.02. The van der Waals surface area contributed by atoms with E-state index in [1.54, 1.807) is 24.3 Å². The highest BCUT2D eigenvalue weighted by molar-refractivity contribution is 5.18. The minimum absolute atomic E-state index is 0.322. The molecule has 0 atom stereocenters. The molecule has 0 aromatic heterocycles. The summed E-state index contributed by atoms with van der Waals surface area (Å²) in [6.45, 7) is 15.0. The first-order chi connectivity index (χ1) is 11.6. The Balaban J connectivity index is 0.000000620. The summed E-state index contributed by atoms with van der Waals surface area (Å²) in [5.41, 5.74) is 0. The minimum Gasteiger partial charge on any atom is -0.508 e. The molecule has 1 N–H and O–H groups in total. The molecule has 0 spiro atoms. The predicted molar refractivity (Wildman–Crippen MR) is 107 cm³/mol. The van der Waals surface area contributed by atoms with E-state index < -0.39 is 0 Å². The van der Waals surface area contributed by atoms with Crippen LogP contribution in [0.2, 0.25) is 0 Å². The fourth-order valence-electron chi connectivity index (χ4n) is 3.07. The third-order valence-electron chi connectivity index (χ3n) is 4.70. The van der Waals surface area contributed by atoms with E-state index in [9.17, 15) is 0 Å². The molecule has 2 nitrogen and oxygen atoms in total. The van der Waals surface area contributed by atoms with Crippen LogP contribution < -0.4 is 0 Å². The van der Waals surface area contributed by atoms with Crippen molar-refractivity contribution in [2.45, 2.75) is 79.1 Å². The van der Waals surface area contributed by atoms with Crippen molar-refractivity contribution >= 4 is 0 Å². The Bertz CT molecular complexity index is 326. The number of aromatic hydroxyl groups is 1. The van der Waals surface area contributed by atoms with Crippen molar-refractivity contribution in [2.24, 2.45) is 0 Å². The van der Waals surface area contributed by atoms with Crippen molar-refractivity contribution in [3.05, 3.63) is 30.3 Å². The van der Waals surface area contributed by atoms with E-state index in [1.165, 1.54) is 82.0 Å². The van der Waals surface area contributed by atoms with Crippen LogP contribution in [-0.2, 0) is 0 Å². The molecule has 0 amide bonds. The van der Waals surface area contributed by atoms with Gasteiger partial charge in [0, 0.05) is 0 Å². The van der Waals surface area contributed by atoms with Gasteiger partial charge >= 0.3 is 0 Å². The summed E-state index contributed by atoms with van der Waals surface area (Å²) in [7, 11) is 0. The van der Waals surface area contributed by atoms with Crippen LogP contribution in [0.4, 0.5) is 0 Å². The quantitative estimate of drug-likeness (QED) is 0.438. The van der Waals surface area contributed by atoms with Crippen molar-refractivity contribution in [2.75, 3.05) is 26.2 Å². The first kappa shape index (κ1) is 23.0. The van der Waals surface area contributed by atoms with Crippen LogP contribution in [0.1, 0.15) is 79.1 Å². The number of phenolic OH excluding ortho intramolecular Hbond substituents is 1. The molecule has 1 rings (SSSR count). The van der Waals surface area contributed by atoms with E-state index in [-0.39, 0.29) is 0 Å². The van der Waals surface area contributed by atoms with Gasteiger partial charge in [0.05, 0.1) is 26.2 Å². The molecule has 0 saturated carbocycles. The molecule has 1 aromatic rings. The van der Waals surface area contributed by atoms with Gasteiger partial charge in [-0.25, -0.2) is 0 Å². The van der Waals surface area contributed by atoms with E-state index in [2.05, 4.69) is 27.7 Å². The lowest BCUT2D eigenvalue weighted by Crippen LogP contribution is -2.50. The van der Waals surface area contributed by atoms with Crippen LogP contribution >= 0.6 is 0 Å². The summed E-state index contributed by atoms with van der Waals surface area (Å²) >= 11 is 0. The average Bonchev–Trinajstić information content (AvgIpc) is 2.62. The third-order valence-corrected chi connectivity index (χ3v) is 4.70. The molecular formula is C22H42NO+. The van der Waals surface area contributed by atoms with E-state index in [0.29, 0.717) is 5.75 Å². The smallest absolute Gasteiger partial charge is 0.115 e. The third kappa shape index (κ3) is 11.5. The van der Waals surface area contributed by atoms with Gasteiger partial charge in [0.15, 0.2) is 0 Å². The normalized spacial score (nSPS) is 11.0. The van der Waals surface area contributed by atoms with Crippen LogP contribution in [0.15, 0.2) is 30.3 Å². The van der Waals surface area contributed by atoms with E-state index >= 15 is 0 Å². The van der Waals surface area contributed by atoms with Crippen LogP contribution in [0.3, 0.4) is 0 Å². The summed E-state index contributed by atoms with van der Waals surface area (Å²) in [6.07, 6.45) is 11.1. The zero-order chi connectivity index (χ0) is 18.1. The van der Waals surface area contributed by atoms with Gasteiger partial charge in [-0.2, -0.15) is 0 Å². The number of para-hydroxylation sites is 1. The van der Waals surface area contributed by atoms with Crippen LogP contribution in [0, 0.1) is 0 Å². The van der Waals surface area contributed by atoms with Gasteiger partial charge in [0.25, 0.3) is 0 Å². The van der Waals surface area contributed by atoms with Crippen molar-refractivity contribution in [3.63, 3.8) is 0 Å². The number of hydrogen-bond donors (Lipinski definition) is 1. The minimum atomic E-state index is 0.322. The number of hydrogen-bond acceptors (Lipinski definition) is 1. The molecule has 0 saturated heterocycles.